The summed E-state index contributed by atoms with van der Waals surface area (Å²) in [6.07, 6.45) is 0. The summed E-state index contributed by atoms with van der Waals surface area (Å²) in [7, 11) is 0. The number of hydrogen-bond acceptors (Lipinski definition) is 7. The van der Waals surface area contributed by atoms with Crippen LogP contribution in [-0.4, -0.2) is 35.6 Å². The topological polar surface area (TPSA) is 96.2 Å². The van der Waals surface area contributed by atoms with Crippen molar-refractivity contribution in [2.75, 3.05) is 13.2 Å². The van der Waals surface area contributed by atoms with Gasteiger partial charge in [-0.25, -0.2) is 4.79 Å². The summed E-state index contributed by atoms with van der Waals surface area (Å²) in [5, 5.41) is 0. The zero-order chi connectivity index (χ0) is 25.5. The normalized spacial score (nSPS) is 11.3. The van der Waals surface area contributed by atoms with Crippen LogP contribution in [0.2, 0.25) is 0 Å². The molecule has 9 heteroatoms. The van der Waals surface area contributed by atoms with Crippen LogP contribution in [0.1, 0.15) is 34.6 Å². The molecule has 1 amide bonds. The first-order valence-corrected chi connectivity index (χ1v) is 12.2. The summed E-state index contributed by atoms with van der Waals surface area (Å²) >= 11 is 1.19. The second-order valence-corrected chi connectivity index (χ2v) is 8.55. The number of para-hydroxylation sites is 1. The average molecular weight is 505 g/mol. The van der Waals surface area contributed by atoms with Crippen LogP contribution in [0.15, 0.2) is 77.8 Å². The first-order valence-electron chi connectivity index (χ1n) is 11.4. The van der Waals surface area contributed by atoms with Crippen molar-refractivity contribution in [3.63, 3.8) is 0 Å². The number of thiazole rings is 1. The molecule has 3 aromatic carbocycles. The van der Waals surface area contributed by atoms with Gasteiger partial charge in [0.05, 0.1) is 29.0 Å². The van der Waals surface area contributed by atoms with Gasteiger partial charge in [0, 0.05) is 5.56 Å². The number of carbonyl (C=O) groups excluding carboxylic acids is 3. The van der Waals surface area contributed by atoms with Gasteiger partial charge in [0.1, 0.15) is 18.0 Å². The summed E-state index contributed by atoms with van der Waals surface area (Å²) < 4.78 is 18.3. The van der Waals surface area contributed by atoms with E-state index in [2.05, 4.69) is 4.99 Å². The first-order chi connectivity index (χ1) is 17.5. The van der Waals surface area contributed by atoms with Crippen LogP contribution in [0.25, 0.3) is 10.2 Å². The van der Waals surface area contributed by atoms with Crippen molar-refractivity contribution in [1.29, 1.82) is 0 Å². The van der Waals surface area contributed by atoms with Crippen LogP contribution in [0, 0.1) is 0 Å². The lowest BCUT2D eigenvalue weighted by Gasteiger charge is -2.07. The minimum Gasteiger partial charge on any atom is -0.465 e. The van der Waals surface area contributed by atoms with Gasteiger partial charge in [-0.1, -0.05) is 35.6 Å². The molecule has 4 rings (SSSR count). The Hall–Kier alpha value is -4.24. The molecule has 184 valence electrons. The number of benzene rings is 3. The lowest BCUT2D eigenvalue weighted by Crippen LogP contribution is -2.23. The maximum absolute atomic E-state index is 13.1. The minimum absolute atomic E-state index is 0.129. The van der Waals surface area contributed by atoms with Gasteiger partial charge in [0.15, 0.2) is 4.80 Å². The molecule has 0 aliphatic carbocycles. The number of fused-ring (bicyclic) bond motifs is 1. The van der Waals surface area contributed by atoms with Crippen LogP contribution < -0.4 is 9.54 Å². The molecule has 1 heterocycles. The van der Waals surface area contributed by atoms with Gasteiger partial charge in [-0.2, -0.15) is 4.99 Å². The standard InChI is InChI=1S/C27H24N2O6S/c1-3-33-24(30)17-29-22-14-13-19(26(32)34-4-2)16-23(22)36-27(29)28-25(31)18-9-8-12-21(15-18)35-20-10-6-5-7-11-20/h5-16H,3-4,17H2,1-2H3. The van der Waals surface area contributed by atoms with Crippen molar-refractivity contribution < 1.29 is 28.6 Å². The zero-order valence-electron chi connectivity index (χ0n) is 19.8. The highest BCUT2D eigenvalue weighted by Crippen LogP contribution is 2.23. The Kier molecular flexibility index (Phi) is 7.92. The van der Waals surface area contributed by atoms with Crippen molar-refractivity contribution in [2.45, 2.75) is 20.4 Å². The monoisotopic (exact) mass is 504 g/mol. The molecule has 8 nitrogen and oxygen atoms in total. The van der Waals surface area contributed by atoms with Gasteiger partial charge in [-0.15, -0.1) is 0 Å². The molecule has 0 unspecified atom stereocenters. The minimum atomic E-state index is -0.497. The summed E-state index contributed by atoms with van der Waals surface area (Å²) in [6, 6.07) is 20.9. The number of aromatic nitrogens is 1. The van der Waals surface area contributed by atoms with Crippen molar-refractivity contribution in [3.05, 3.63) is 88.7 Å². The Morgan fingerprint density at radius 2 is 1.58 bits per heavy atom. The predicted molar refractivity (Wildman–Crippen MR) is 135 cm³/mol. The molecule has 0 N–H and O–H groups in total. The van der Waals surface area contributed by atoms with E-state index in [0.717, 1.165) is 0 Å². The van der Waals surface area contributed by atoms with Crippen LogP contribution in [-0.2, 0) is 20.8 Å². The highest BCUT2D eigenvalue weighted by Gasteiger charge is 2.16. The molecule has 0 bridgehead atoms. The lowest BCUT2D eigenvalue weighted by atomic mass is 10.2. The van der Waals surface area contributed by atoms with Crippen molar-refractivity contribution in [2.24, 2.45) is 4.99 Å². The van der Waals surface area contributed by atoms with Gasteiger partial charge >= 0.3 is 11.9 Å². The molecule has 36 heavy (non-hydrogen) atoms. The van der Waals surface area contributed by atoms with Crippen molar-refractivity contribution >= 4 is 39.4 Å². The van der Waals surface area contributed by atoms with Gasteiger partial charge in [0.25, 0.3) is 5.91 Å². The van der Waals surface area contributed by atoms with E-state index in [1.807, 2.05) is 30.3 Å². The molecule has 0 aliphatic heterocycles. The van der Waals surface area contributed by atoms with Crippen LogP contribution in [0.5, 0.6) is 11.5 Å². The van der Waals surface area contributed by atoms with E-state index in [9.17, 15) is 14.4 Å². The fraction of sp³-hybridized carbons (Fsp3) is 0.185. The molecule has 0 atom stereocenters. The second-order valence-electron chi connectivity index (χ2n) is 7.54. The first kappa shape index (κ1) is 24.9. The van der Waals surface area contributed by atoms with E-state index in [1.165, 1.54) is 11.3 Å². The fourth-order valence-corrected chi connectivity index (χ4v) is 4.52. The molecule has 0 saturated heterocycles. The fourth-order valence-electron chi connectivity index (χ4n) is 3.46. The molecule has 0 aliphatic rings. The molecule has 1 aromatic heterocycles. The third-order valence-electron chi connectivity index (χ3n) is 5.04. The summed E-state index contributed by atoms with van der Waals surface area (Å²) in [5.74, 6) is -0.262. The van der Waals surface area contributed by atoms with E-state index in [-0.39, 0.29) is 19.8 Å². The number of carbonyl (C=O) groups is 3. The number of nitrogens with zero attached hydrogens (tertiary/aromatic N) is 2. The van der Waals surface area contributed by atoms with E-state index in [1.54, 1.807) is 60.9 Å². The third kappa shape index (κ3) is 5.87. The molecule has 4 aromatic rings. The highest BCUT2D eigenvalue weighted by atomic mass is 32.1. The smallest absolute Gasteiger partial charge is 0.338 e. The molecule has 0 radical (unpaired) electrons. The summed E-state index contributed by atoms with van der Waals surface area (Å²) in [4.78, 5) is 42.2. The predicted octanol–water partition coefficient (Wildman–Crippen LogP) is 4.98. The molecular formula is C27H24N2O6S. The van der Waals surface area contributed by atoms with Crippen LogP contribution >= 0.6 is 11.3 Å². The van der Waals surface area contributed by atoms with Gasteiger partial charge in [-0.05, 0) is 62.4 Å². The molecule has 0 fully saturated rings. The van der Waals surface area contributed by atoms with Gasteiger partial charge in [-0.3, -0.25) is 9.59 Å². The number of ether oxygens (including phenoxy) is 3. The number of esters is 2. The molecule has 0 saturated carbocycles. The summed E-state index contributed by atoms with van der Waals surface area (Å²) in [6.45, 7) is 3.81. The Morgan fingerprint density at radius 3 is 2.33 bits per heavy atom. The average Bonchev–Trinajstić information content (AvgIpc) is 3.21. The van der Waals surface area contributed by atoms with Gasteiger partial charge in [0.2, 0.25) is 0 Å². The van der Waals surface area contributed by atoms with Crippen molar-refractivity contribution in [1.82, 2.24) is 4.57 Å². The van der Waals surface area contributed by atoms with Crippen LogP contribution in [0.3, 0.4) is 0 Å². The Labute approximate surface area is 211 Å². The maximum atomic E-state index is 13.1. The lowest BCUT2D eigenvalue weighted by molar-refractivity contribution is -0.143. The maximum Gasteiger partial charge on any atom is 0.338 e. The Balaban J connectivity index is 1.72. The van der Waals surface area contributed by atoms with Gasteiger partial charge < -0.3 is 18.8 Å². The van der Waals surface area contributed by atoms with Crippen LogP contribution in [0.4, 0.5) is 0 Å². The number of hydrogen-bond donors (Lipinski definition) is 0. The molecular weight excluding hydrogens is 480 g/mol. The largest absolute Gasteiger partial charge is 0.465 e. The Bertz CT molecular complexity index is 1470. The quantitative estimate of drug-likeness (QED) is 0.314. The summed E-state index contributed by atoms with van der Waals surface area (Å²) in [5.41, 5.74) is 1.35. The van der Waals surface area contributed by atoms with E-state index in [4.69, 9.17) is 14.2 Å². The van der Waals surface area contributed by atoms with E-state index >= 15 is 0 Å². The van der Waals surface area contributed by atoms with E-state index in [0.29, 0.717) is 37.6 Å². The third-order valence-corrected chi connectivity index (χ3v) is 6.08. The van der Waals surface area contributed by atoms with E-state index < -0.39 is 17.8 Å². The van der Waals surface area contributed by atoms with Crippen molar-refractivity contribution in [3.8, 4) is 11.5 Å². The zero-order valence-corrected chi connectivity index (χ0v) is 20.6. The number of amides is 1. The highest BCUT2D eigenvalue weighted by molar-refractivity contribution is 7.16. The Morgan fingerprint density at radius 1 is 0.833 bits per heavy atom. The number of rotatable bonds is 8. The SMILES string of the molecule is CCOC(=O)Cn1c(=NC(=O)c2cccc(Oc3ccccc3)c2)sc2cc(C(=O)OCC)ccc21. The molecule has 0 spiro atoms. The second kappa shape index (κ2) is 11.5.